The molecule has 0 aliphatic carbocycles. The van der Waals surface area contributed by atoms with Gasteiger partial charge in [0.25, 0.3) is 6.43 Å². The van der Waals surface area contributed by atoms with Crippen molar-refractivity contribution in [3.63, 3.8) is 0 Å². The van der Waals surface area contributed by atoms with Gasteiger partial charge in [0.1, 0.15) is 3.70 Å². The maximum absolute atomic E-state index is 12.5. The molecule has 82 valence electrons. The summed E-state index contributed by atoms with van der Waals surface area (Å²) < 4.78 is 25.3. The van der Waals surface area contributed by atoms with E-state index in [-0.39, 0.29) is 10.6 Å². The van der Waals surface area contributed by atoms with E-state index in [0.717, 1.165) is 6.20 Å². The van der Waals surface area contributed by atoms with Crippen molar-refractivity contribution < 1.29 is 18.7 Å². The van der Waals surface area contributed by atoms with Crippen LogP contribution < -0.4 is 0 Å². The molecule has 0 spiro atoms. The summed E-state index contributed by atoms with van der Waals surface area (Å²) >= 11 is 7.48. The summed E-state index contributed by atoms with van der Waals surface area (Å²) in [6, 6.07) is 0. The summed E-state index contributed by atoms with van der Waals surface area (Å²) in [4.78, 5) is 14.1. The lowest BCUT2D eigenvalue weighted by atomic mass is 10.1. The molecular weight excluding hydrogens is 342 g/mol. The highest BCUT2D eigenvalue weighted by atomic mass is 127. The number of aliphatic carboxylic acids is 1. The third-order valence-electron chi connectivity index (χ3n) is 1.67. The smallest absolute Gasteiger partial charge is 0.307 e. The van der Waals surface area contributed by atoms with Crippen molar-refractivity contribution in [3.05, 3.63) is 26.0 Å². The van der Waals surface area contributed by atoms with E-state index in [0.29, 0.717) is 3.70 Å². The van der Waals surface area contributed by atoms with Crippen LogP contribution in [-0.2, 0) is 11.2 Å². The second-order valence-electron chi connectivity index (χ2n) is 2.67. The number of hydrogen-bond donors (Lipinski definition) is 1. The summed E-state index contributed by atoms with van der Waals surface area (Å²) in [5.41, 5.74) is -0.499. The standard InChI is InChI=1S/C8H5ClF2INO2/c9-6-3(1-5(14)15)4(7(10)11)2-13-8(6)12/h2,7H,1H2,(H,14,15). The van der Waals surface area contributed by atoms with E-state index in [2.05, 4.69) is 4.98 Å². The highest BCUT2D eigenvalue weighted by Gasteiger charge is 2.20. The van der Waals surface area contributed by atoms with Gasteiger partial charge in [0, 0.05) is 11.8 Å². The van der Waals surface area contributed by atoms with Gasteiger partial charge in [-0.15, -0.1) is 0 Å². The highest BCUT2D eigenvalue weighted by Crippen LogP contribution is 2.30. The summed E-state index contributed by atoms with van der Waals surface area (Å²) in [5, 5.41) is 8.54. The van der Waals surface area contributed by atoms with Crippen LogP contribution in [0, 0.1) is 3.70 Å². The molecule has 0 atom stereocenters. The van der Waals surface area contributed by atoms with Crippen LogP contribution in [0.5, 0.6) is 0 Å². The Hall–Kier alpha value is -0.500. The molecule has 1 N–H and O–H groups in total. The van der Waals surface area contributed by atoms with Crippen LogP contribution in [0.3, 0.4) is 0 Å². The van der Waals surface area contributed by atoms with Crippen molar-refractivity contribution in [2.24, 2.45) is 0 Å². The Morgan fingerprint density at radius 1 is 1.67 bits per heavy atom. The van der Waals surface area contributed by atoms with Crippen molar-refractivity contribution in [3.8, 4) is 0 Å². The molecule has 0 saturated heterocycles. The number of nitrogens with zero attached hydrogens (tertiary/aromatic N) is 1. The lowest BCUT2D eigenvalue weighted by molar-refractivity contribution is -0.136. The largest absolute Gasteiger partial charge is 0.481 e. The fourth-order valence-electron chi connectivity index (χ4n) is 1.03. The van der Waals surface area contributed by atoms with E-state index in [9.17, 15) is 13.6 Å². The Balaban J connectivity index is 3.28. The fraction of sp³-hybridized carbons (Fsp3) is 0.250. The Morgan fingerprint density at radius 2 is 2.27 bits per heavy atom. The maximum atomic E-state index is 12.5. The van der Waals surface area contributed by atoms with Gasteiger partial charge in [-0.1, -0.05) is 11.6 Å². The third kappa shape index (κ3) is 2.97. The number of pyridine rings is 1. The normalized spacial score (nSPS) is 10.7. The van der Waals surface area contributed by atoms with E-state index in [1.54, 1.807) is 22.6 Å². The topological polar surface area (TPSA) is 50.2 Å². The first kappa shape index (κ1) is 12.6. The van der Waals surface area contributed by atoms with Crippen molar-refractivity contribution in [2.45, 2.75) is 12.8 Å². The third-order valence-corrected chi connectivity index (χ3v) is 3.22. The average Bonchev–Trinajstić information content (AvgIpc) is 2.12. The zero-order chi connectivity index (χ0) is 11.6. The van der Waals surface area contributed by atoms with Crippen LogP contribution in [-0.4, -0.2) is 16.1 Å². The molecule has 0 radical (unpaired) electrons. The monoisotopic (exact) mass is 347 g/mol. The number of rotatable bonds is 3. The molecule has 0 aliphatic heterocycles. The molecular formula is C8H5ClF2INO2. The van der Waals surface area contributed by atoms with Crippen LogP contribution in [0.2, 0.25) is 5.02 Å². The van der Waals surface area contributed by atoms with Gasteiger partial charge in [0.2, 0.25) is 0 Å². The molecule has 0 saturated carbocycles. The zero-order valence-electron chi connectivity index (χ0n) is 7.18. The molecule has 0 aromatic carbocycles. The fourth-order valence-corrected chi connectivity index (χ4v) is 1.72. The summed E-state index contributed by atoms with van der Waals surface area (Å²) in [7, 11) is 0. The van der Waals surface area contributed by atoms with Crippen molar-refractivity contribution in [1.29, 1.82) is 0 Å². The molecule has 1 heterocycles. The van der Waals surface area contributed by atoms with Gasteiger partial charge < -0.3 is 5.11 Å². The number of hydrogen-bond acceptors (Lipinski definition) is 2. The van der Waals surface area contributed by atoms with Crippen LogP contribution in [0.25, 0.3) is 0 Å². The molecule has 1 aromatic heterocycles. The molecule has 0 fully saturated rings. The second kappa shape index (κ2) is 5.02. The molecule has 7 heteroatoms. The van der Waals surface area contributed by atoms with Gasteiger partial charge in [-0.05, 0) is 28.2 Å². The Bertz CT molecular complexity index is 400. The summed E-state index contributed by atoms with van der Waals surface area (Å²) in [5.74, 6) is -1.21. The van der Waals surface area contributed by atoms with Gasteiger partial charge in [0.05, 0.1) is 11.4 Å². The van der Waals surface area contributed by atoms with Gasteiger partial charge in [0.15, 0.2) is 0 Å². The lowest BCUT2D eigenvalue weighted by Gasteiger charge is -2.09. The first-order chi connectivity index (χ1) is 6.93. The predicted molar refractivity (Wildman–Crippen MR) is 58.3 cm³/mol. The predicted octanol–water partition coefficient (Wildman–Crippen LogP) is 2.90. The number of halogens is 4. The molecule has 0 unspecified atom stereocenters. The first-order valence-electron chi connectivity index (χ1n) is 3.76. The van der Waals surface area contributed by atoms with Crippen LogP contribution in [0.4, 0.5) is 8.78 Å². The van der Waals surface area contributed by atoms with Gasteiger partial charge in [-0.3, -0.25) is 4.79 Å². The Labute approximate surface area is 103 Å². The van der Waals surface area contributed by atoms with Crippen LogP contribution >= 0.6 is 34.2 Å². The number of carboxylic acid groups (broad SMARTS) is 1. The molecule has 0 aliphatic rings. The molecule has 3 nitrogen and oxygen atoms in total. The van der Waals surface area contributed by atoms with E-state index in [1.165, 1.54) is 0 Å². The Morgan fingerprint density at radius 3 is 2.73 bits per heavy atom. The van der Waals surface area contributed by atoms with Gasteiger partial charge >= 0.3 is 5.97 Å². The van der Waals surface area contributed by atoms with Gasteiger partial charge in [-0.2, -0.15) is 0 Å². The minimum absolute atomic E-state index is 0.0178. The quantitative estimate of drug-likeness (QED) is 0.676. The number of alkyl halides is 2. The van der Waals surface area contributed by atoms with E-state index in [1.807, 2.05) is 0 Å². The van der Waals surface area contributed by atoms with Crippen LogP contribution in [0.15, 0.2) is 6.20 Å². The SMILES string of the molecule is O=C(O)Cc1c(C(F)F)cnc(I)c1Cl. The number of carbonyl (C=O) groups is 1. The number of carboxylic acids is 1. The molecule has 0 amide bonds. The van der Waals surface area contributed by atoms with Gasteiger partial charge in [-0.25, -0.2) is 13.8 Å². The molecule has 1 aromatic rings. The van der Waals surface area contributed by atoms with Crippen molar-refractivity contribution >= 4 is 40.2 Å². The maximum Gasteiger partial charge on any atom is 0.307 e. The zero-order valence-corrected chi connectivity index (χ0v) is 10.1. The lowest BCUT2D eigenvalue weighted by Crippen LogP contribution is -2.07. The molecule has 0 bridgehead atoms. The molecule has 15 heavy (non-hydrogen) atoms. The highest BCUT2D eigenvalue weighted by molar-refractivity contribution is 14.1. The molecule has 1 rings (SSSR count). The van der Waals surface area contributed by atoms with Crippen LogP contribution in [0.1, 0.15) is 17.6 Å². The van der Waals surface area contributed by atoms with Crippen molar-refractivity contribution in [1.82, 2.24) is 4.98 Å². The van der Waals surface area contributed by atoms with E-state index in [4.69, 9.17) is 16.7 Å². The minimum Gasteiger partial charge on any atom is -0.481 e. The minimum atomic E-state index is -2.78. The average molecular weight is 347 g/mol. The summed E-state index contributed by atoms with van der Waals surface area (Å²) in [6.07, 6.45) is -2.35. The second-order valence-corrected chi connectivity index (χ2v) is 4.07. The summed E-state index contributed by atoms with van der Waals surface area (Å²) in [6.45, 7) is 0. The Kier molecular flexibility index (Phi) is 4.21. The van der Waals surface area contributed by atoms with E-state index >= 15 is 0 Å². The van der Waals surface area contributed by atoms with E-state index < -0.39 is 24.4 Å². The first-order valence-corrected chi connectivity index (χ1v) is 5.22. The van der Waals surface area contributed by atoms with Crippen molar-refractivity contribution in [2.75, 3.05) is 0 Å². The number of aromatic nitrogens is 1.